The van der Waals surface area contributed by atoms with Crippen LogP contribution in [-0.4, -0.2) is 37.1 Å². The van der Waals surface area contributed by atoms with Crippen molar-refractivity contribution in [2.75, 3.05) is 13.2 Å². The Morgan fingerprint density at radius 3 is 1.54 bits per heavy atom. The lowest BCUT2D eigenvalue weighted by Gasteiger charge is -2.11. The lowest BCUT2D eigenvalue weighted by atomic mass is 9.98. The Hall–Kier alpha value is -2.36. The number of aliphatic imine (C=N–C) groups is 2. The summed E-state index contributed by atoms with van der Waals surface area (Å²) in [6.45, 7) is 10.1. The van der Waals surface area contributed by atoms with E-state index in [4.69, 9.17) is 19.5 Å². The van der Waals surface area contributed by atoms with Crippen molar-refractivity contribution in [3.63, 3.8) is 0 Å². The Bertz CT molecular complexity index is 751. The van der Waals surface area contributed by atoms with Gasteiger partial charge >= 0.3 is 0 Å². The van der Waals surface area contributed by atoms with Crippen molar-refractivity contribution in [2.24, 2.45) is 21.8 Å². The second kappa shape index (κ2) is 6.75. The summed E-state index contributed by atoms with van der Waals surface area (Å²) in [6, 6.07) is 0.474. The van der Waals surface area contributed by atoms with Crippen LogP contribution in [0.25, 0.3) is 0 Å². The van der Waals surface area contributed by atoms with Crippen LogP contribution in [0, 0.1) is 11.8 Å². The predicted molar refractivity (Wildman–Crippen MR) is 105 cm³/mol. The molecule has 136 valence electrons. The molecular weight excluding hydrogens is 324 g/mol. The first-order chi connectivity index (χ1) is 12.5. The van der Waals surface area contributed by atoms with Gasteiger partial charge in [-0.3, -0.25) is 0 Å². The van der Waals surface area contributed by atoms with Gasteiger partial charge in [-0.25, -0.2) is 9.98 Å². The highest BCUT2D eigenvalue weighted by Gasteiger charge is 2.31. The number of rotatable bonds is 4. The minimum absolute atomic E-state index is 0.237. The first kappa shape index (κ1) is 17.1. The lowest BCUT2D eigenvalue weighted by Crippen LogP contribution is -2.13. The van der Waals surface area contributed by atoms with Crippen LogP contribution in [0.5, 0.6) is 0 Å². The van der Waals surface area contributed by atoms with Crippen molar-refractivity contribution >= 4 is 11.8 Å². The molecule has 2 aliphatic carbocycles. The van der Waals surface area contributed by atoms with Crippen LogP contribution in [0.2, 0.25) is 0 Å². The van der Waals surface area contributed by atoms with E-state index in [-0.39, 0.29) is 12.1 Å². The zero-order chi connectivity index (χ0) is 18.3. The number of allylic oxidation sites excluding steroid dienone is 6. The zero-order valence-electron chi connectivity index (χ0n) is 15.9. The van der Waals surface area contributed by atoms with Crippen LogP contribution in [0.1, 0.15) is 27.7 Å². The van der Waals surface area contributed by atoms with E-state index in [0.29, 0.717) is 25.0 Å². The Morgan fingerprint density at radius 2 is 1.19 bits per heavy atom. The largest absolute Gasteiger partial charge is 0.475 e. The molecule has 4 heteroatoms. The van der Waals surface area contributed by atoms with E-state index >= 15 is 0 Å². The van der Waals surface area contributed by atoms with E-state index in [2.05, 4.69) is 64.2 Å². The van der Waals surface area contributed by atoms with E-state index in [9.17, 15) is 0 Å². The maximum absolute atomic E-state index is 5.91. The van der Waals surface area contributed by atoms with Gasteiger partial charge in [0.1, 0.15) is 13.2 Å². The Morgan fingerprint density at radius 1 is 0.769 bits per heavy atom. The molecule has 0 N–H and O–H groups in total. The number of nitrogens with zero attached hydrogens (tertiary/aromatic N) is 2. The molecule has 2 atom stereocenters. The Kier molecular flexibility index (Phi) is 4.43. The monoisotopic (exact) mass is 350 g/mol. The van der Waals surface area contributed by atoms with E-state index < -0.39 is 0 Å². The fourth-order valence-electron chi connectivity index (χ4n) is 3.44. The first-order valence-corrected chi connectivity index (χ1v) is 9.48. The van der Waals surface area contributed by atoms with E-state index in [1.54, 1.807) is 0 Å². The van der Waals surface area contributed by atoms with E-state index in [1.165, 1.54) is 0 Å². The van der Waals surface area contributed by atoms with Crippen molar-refractivity contribution in [3.8, 4) is 0 Å². The van der Waals surface area contributed by atoms with Crippen LogP contribution >= 0.6 is 0 Å². The molecule has 0 saturated carbocycles. The van der Waals surface area contributed by atoms with Gasteiger partial charge in [-0.2, -0.15) is 0 Å². The Balaban J connectivity index is 1.64. The molecule has 0 unspecified atom stereocenters. The predicted octanol–water partition coefficient (Wildman–Crippen LogP) is 4.18. The summed E-state index contributed by atoms with van der Waals surface area (Å²) >= 11 is 0. The van der Waals surface area contributed by atoms with Gasteiger partial charge < -0.3 is 9.47 Å². The Labute approximate surface area is 155 Å². The van der Waals surface area contributed by atoms with Gasteiger partial charge in [-0.1, -0.05) is 52.0 Å². The highest BCUT2D eigenvalue weighted by Crippen LogP contribution is 2.34. The van der Waals surface area contributed by atoms with Gasteiger partial charge in [0, 0.05) is 11.1 Å². The smallest absolute Gasteiger partial charge is 0.217 e. The maximum Gasteiger partial charge on any atom is 0.217 e. The summed E-state index contributed by atoms with van der Waals surface area (Å²) in [5.41, 5.74) is 4.37. The van der Waals surface area contributed by atoms with E-state index in [0.717, 1.165) is 34.1 Å². The second-order valence-electron chi connectivity index (χ2n) is 7.82. The topological polar surface area (TPSA) is 43.2 Å². The number of hydrogen-bond acceptors (Lipinski definition) is 4. The van der Waals surface area contributed by atoms with Gasteiger partial charge in [-0.15, -0.1) is 0 Å². The second-order valence-corrected chi connectivity index (χ2v) is 7.82. The molecule has 0 radical (unpaired) electrons. The summed E-state index contributed by atoms with van der Waals surface area (Å²) in [7, 11) is 0. The van der Waals surface area contributed by atoms with Crippen LogP contribution < -0.4 is 0 Å². The normalized spacial score (nSPS) is 29.9. The third-order valence-electron chi connectivity index (χ3n) is 5.27. The van der Waals surface area contributed by atoms with Crippen LogP contribution in [-0.2, 0) is 9.47 Å². The molecule has 0 aromatic rings. The number of ether oxygens (including phenoxy) is 2. The first-order valence-electron chi connectivity index (χ1n) is 9.48. The fraction of sp³-hybridized carbons (Fsp3) is 0.455. The zero-order valence-corrected chi connectivity index (χ0v) is 15.9. The van der Waals surface area contributed by atoms with Crippen LogP contribution in [0.4, 0.5) is 0 Å². The highest BCUT2D eigenvalue weighted by atomic mass is 16.5. The molecule has 0 aromatic carbocycles. The third kappa shape index (κ3) is 2.98. The fourth-order valence-corrected chi connectivity index (χ4v) is 3.44. The van der Waals surface area contributed by atoms with Crippen molar-refractivity contribution < 1.29 is 9.47 Å². The van der Waals surface area contributed by atoms with Crippen molar-refractivity contribution in [1.82, 2.24) is 0 Å². The lowest BCUT2D eigenvalue weighted by molar-refractivity contribution is 0.291. The summed E-state index contributed by atoms with van der Waals surface area (Å²) in [6.07, 6.45) is 12.5. The van der Waals surface area contributed by atoms with E-state index in [1.807, 2.05) is 0 Å². The molecule has 0 saturated heterocycles. The van der Waals surface area contributed by atoms with Crippen molar-refractivity contribution in [3.05, 3.63) is 58.7 Å². The minimum atomic E-state index is 0.237. The van der Waals surface area contributed by atoms with Crippen LogP contribution in [0.3, 0.4) is 0 Å². The molecule has 4 rings (SSSR count). The summed E-state index contributed by atoms with van der Waals surface area (Å²) < 4.78 is 11.8. The summed E-state index contributed by atoms with van der Waals surface area (Å²) in [5, 5.41) is 0. The van der Waals surface area contributed by atoms with Crippen LogP contribution in [0.15, 0.2) is 68.7 Å². The number of hydrogen-bond donors (Lipinski definition) is 0. The standard InChI is InChI=1S/C22H26N2O2/c1-13(2)19-11-25-21(23-19)17-9-5-7-15(17)16-8-6-10-18(16)22-24-20(12-26-22)14(3)4/h5-10,13-14,19-20H,11-12H2,1-4H3/b16-15-/t19-,20-/m1/s1. The van der Waals surface area contributed by atoms with Crippen molar-refractivity contribution in [1.29, 1.82) is 0 Å². The molecule has 26 heavy (non-hydrogen) atoms. The summed E-state index contributed by atoms with van der Waals surface area (Å²) in [5.74, 6) is 2.47. The average molecular weight is 350 g/mol. The van der Waals surface area contributed by atoms with Gasteiger partial charge in [0.25, 0.3) is 0 Å². The van der Waals surface area contributed by atoms with Gasteiger partial charge in [-0.05, 0) is 35.1 Å². The third-order valence-corrected chi connectivity index (χ3v) is 5.27. The molecule has 0 spiro atoms. The van der Waals surface area contributed by atoms with Gasteiger partial charge in [0.2, 0.25) is 11.8 Å². The molecular formula is C22H26N2O2. The molecule has 4 aliphatic rings. The average Bonchev–Trinajstić information content (AvgIpc) is 3.39. The SMILES string of the molecule is CC(C)[C@H]1COC(C2=CC=C/C2=C2\C=CC=C2C2=N[C@@H](C(C)C)CO2)=N1. The molecule has 0 aromatic heterocycles. The molecule has 2 heterocycles. The molecule has 4 nitrogen and oxygen atoms in total. The van der Waals surface area contributed by atoms with Crippen molar-refractivity contribution in [2.45, 2.75) is 39.8 Å². The molecule has 0 fully saturated rings. The minimum Gasteiger partial charge on any atom is -0.475 e. The molecule has 2 aliphatic heterocycles. The highest BCUT2D eigenvalue weighted by molar-refractivity contribution is 6.06. The van der Waals surface area contributed by atoms with Gasteiger partial charge in [0.15, 0.2) is 0 Å². The maximum atomic E-state index is 5.91. The molecule has 0 amide bonds. The summed E-state index contributed by atoms with van der Waals surface area (Å²) in [4.78, 5) is 9.59. The quantitative estimate of drug-likeness (QED) is 0.763. The molecule has 0 bridgehead atoms. The van der Waals surface area contributed by atoms with Gasteiger partial charge in [0.05, 0.1) is 12.1 Å².